The summed E-state index contributed by atoms with van der Waals surface area (Å²) in [7, 11) is 0. The topological polar surface area (TPSA) is 50.9 Å². The summed E-state index contributed by atoms with van der Waals surface area (Å²) in [5.41, 5.74) is 16.0. The average molecular weight is 1050 g/mol. The number of aromatic hydroxyl groups is 1. The van der Waals surface area contributed by atoms with E-state index in [1.165, 1.54) is 5.56 Å². The first-order chi connectivity index (χ1) is 32.6. The minimum Gasteiger partial charge on any atom is -0.507 e. The summed E-state index contributed by atoms with van der Waals surface area (Å²) in [6.07, 6.45) is 1.85. The molecule has 0 aliphatic heterocycles. The molecule has 1 N–H and O–H groups in total. The van der Waals surface area contributed by atoms with Gasteiger partial charge < -0.3 is 5.11 Å². The largest absolute Gasteiger partial charge is 0.507 e. The second-order valence-corrected chi connectivity index (χ2v) is 19.0. The number of aromatic nitrogens is 3. The van der Waals surface area contributed by atoms with Gasteiger partial charge in [-0.3, -0.25) is 9.55 Å². The fourth-order valence-electron chi connectivity index (χ4n) is 8.75. The van der Waals surface area contributed by atoms with Crippen LogP contribution in [0, 0.1) is 26.8 Å². The fraction of sp³-hybridized carbons (Fsp3) is 0.213. The summed E-state index contributed by atoms with van der Waals surface area (Å²) < 4.78 is 37.8. The van der Waals surface area contributed by atoms with Crippen molar-refractivity contribution in [1.82, 2.24) is 14.5 Å². The SMILES string of the molecule is [2H]C([2H])([2H])c1cc(-c2cc(C(C)C)cc(C([2H])(C)C)c2)ccc1-n1c(-c2cc(C)cc(C)c2O)nc2c(-c3[c-]c(-c4cc(-c5ccc(-c6ccccc6)cc5)ccn4)cc(C(C)(C)C)c3)cccc21.[Pt]. The molecule has 0 saturated carbocycles. The van der Waals surface area contributed by atoms with Gasteiger partial charge in [-0.15, -0.1) is 29.3 Å². The summed E-state index contributed by atoms with van der Waals surface area (Å²) >= 11 is 0. The normalized spacial score (nSPS) is 12.9. The molecule has 4 nitrogen and oxygen atoms in total. The third-order valence-corrected chi connectivity index (χ3v) is 12.5. The van der Waals surface area contributed by atoms with Crippen LogP contribution in [0.2, 0.25) is 0 Å². The molecular formula is C61H58N3OPt-. The molecule has 2 aromatic heterocycles. The smallest absolute Gasteiger partial charge is 0.148 e. The molecule has 0 bridgehead atoms. The molecule has 0 saturated heterocycles. The summed E-state index contributed by atoms with van der Waals surface area (Å²) in [5, 5.41) is 11.8. The third-order valence-electron chi connectivity index (χ3n) is 12.5. The van der Waals surface area contributed by atoms with E-state index in [-0.39, 0.29) is 43.7 Å². The number of rotatable bonds is 9. The Bertz CT molecular complexity index is 3400. The summed E-state index contributed by atoms with van der Waals surface area (Å²) in [6.45, 7) is 15.9. The van der Waals surface area contributed by atoms with E-state index in [4.69, 9.17) is 15.5 Å². The standard InChI is InChI=1S/C61H58N3O.Pt/c1-37(2)47-30-48(38(3)4)32-49(31-47)45-23-24-56(40(6)29-45)64-57-18-14-17-53(58(57)63-60(64)54-28-39(5)27-41(7)59(54)65)50-33-51(35-52(34-50)61(8,9)10)55-36-46(25-26-62-55)44-21-19-43(20-22-44)42-15-12-11-13-16-42;/h11-32,34-38,65H,1-10H3;/q-1;/i6D3,37D;. The predicted molar refractivity (Wildman–Crippen MR) is 273 cm³/mol. The van der Waals surface area contributed by atoms with Crippen molar-refractivity contribution in [2.24, 2.45) is 0 Å². The number of phenols is 1. The van der Waals surface area contributed by atoms with Crippen LogP contribution in [0.1, 0.15) is 99.1 Å². The quantitative estimate of drug-likeness (QED) is 0.147. The number of hydrogen-bond acceptors (Lipinski definition) is 3. The monoisotopic (exact) mass is 1050 g/mol. The number of fused-ring (bicyclic) bond motifs is 1. The number of imidazole rings is 1. The number of hydrogen-bond donors (Lipinski definition) is 1. The Balaban J connectivity index is 0.00000659. The molecule has 0 amide bonds. The fourth-order valence-corrected chi connectivity index (χ4v) is 8.75. The second kappa shape index (κ2) is 18.5. The van der Waals surface area contributed by atoms with Crippen LogP contribution in [-0.4, -0.2) is 19.6 Å². The van der Waals surface area contributed by atoms with Crippen LogP contribution in [0.5, 0.6) is 5.75 Å². The molecule has 7 aromatic carbocycles. The average Bonchev–Trinajstić information content (AvgIpc) is 3.71. The zero-order valence-corrected chi connectivity index (χ0v) is 41.4. The van der Waals surface area contributed by atoms with Gasteiger partial charge in [0.1, 0.15) is 11.6 Å². The molecule has 0 aliphatic carbocycles. The Morgan fingerprint density at radius 3 is 2.00 bits per heavy atom. The molecule has 0 spiro atoms. The molecule has 0 aliphatic rings. The number of pyridine rings is 1. The zero-order chi connectivity index (χ0) is 49.2. The molecule has 66 heavy (non-hydrogen) atoms. The van der Waals surface area contributed by atoms with E-state index in [1.807, 2.05) is 99.1 Å². The Hall–Kier alpha value is -6.35. The molecule has 9 aromatic rings. The molecule has 0 atom stereocenters. The van der Waals surface area contributed by atoms with Gasteiger partial charge in [0.15, 0.2) is 0 Å². The van der Waals surface area contributed by atoms with Crippen LogP contribution in [-0.2, 0) is 26.5 Å². The number of benzene rings is 7. The zero-order valence-electron chi connectivity index (χ0n) is 43.1. The van der Waals surface area contributed by atoms with Crippen LogP contribution in [0.4, 0.5) is 0 Å². The summed E-state index contributed by atoms with van der Waals surface area (Å²) in [4.78, 5) is 10.3. The van der Waals surface area contributed by atoms with Crippen LogP contribution < -0.4 is 0 Å². The van der Waals surface area contributed by atoms with Gasteiger partial charge in [-0.1, -0.05) is 163 Å². The first kappa shape index (κ1) is 41.1. The van der Waals surface area contributed by atoms with Crippen LogP contribution >= 0.6 is 0 Å². The van der Waals surface area contributed by atoms with Crippen molar-refractivity contribution in [1.29, 1.82) is 0 Å². The van der Waals surface area contributed by atoms with E-state index in [2.05, 4.69) is 120 Å². The maximum absolute atomic E-state index is 11.8. The third kappa shape index (κ3) is 9.09. The maximum Gasteiger partial charge on any atom is 0.148 e. The number of nitrogens with zero attached hydrogens (tertiary/aromatic N) is 3. The summed E-state index contributed by atoms with van der Waals surface area (Å²) in [5.74, 6) is -0.163. The van der Waals surface area contributed by atoms with Crippen LogP contribution in [0.3, 0.4) is 0 Å². The molecular weight excluding hydrogens is 986 g/mol. The molecule has 0 unspecified atom stereocenters. The van der Waals surface area contributed by atoms with Crippen LogP contribution in [0.15, 0.2) is 152 Å². The van der Waals surface area contributed by atoms with E-state index in [0.717, 1.165) is 72.5 Å². The Morgan fingerprint density at radius 1 is 0.636 bits per heavy atom. The van der Waals surface area contributed by atoms with Gasteiger partial charge in [0.2, 0.25) is 0 Å². The minimum atomic E-state index is -2.54. The van der Waals surface area contributed by atoms with Crippen molar-refractivity contribution in [2.75, 3.05) is 0 Å². The van der Waals surface area contributed by atoms with E-state index < -0.39 is 12.7 Å². The second-order valence-electron chi connectivity index (χ2n) is 19.0. The molecule has 5 heteroatoms. The van der Waals surface area contributed by atoms with Gasteiger partial charge in [-0.2, -0.15) is 0 Å². The predicted octanol–water partition coefficient (Wildman–Crippen LogP) is 16.4. The van der Waals surface area contributed by atoms with Gasteiger partial charge in [0.05, 0.1) is 22.3 Å². The molecule has 0 fully saturated rings. The van der Waals surface area contributed by atoms with E-state index in [0.29, 0.717) is 33.7 Å². The van der Waals surface area contributed by atoms with E-state index >= 15 is 0 Å². The maximum atomic E-state index is 11.8. The van der Waals surface area contributed by atoms with E-state index in [9.17, 15) is 5.11 Å². The van der Waals surface area contributed by atoms with Crippen molar-refractivity contribution < 1.29 is 31.7 Å². The Kier molecular flexibility index (Phi) is 11.5. The van der Waals surface area contributed by atoms with Crippen LogP contribution in [0.25, 0.3) is 83.9 Å². The Labute approximate surface area is 411 Å². The van der Waals surface area contributed by atoms with Gasteiger partial charge in [-0.05, 0) is 129 Å². The summed E-state index contributed by atoms with van der Waals surface area (Å²) in [6, 6.07) is 52.7. The van der Waals surface area contributed by atoms with Gasteiger partial charge in [0.25, 0.3) is 0 Å². The minimum absolute atomic E-state index is 0. The van der Waals surface area contributed by atoms with Gasteiger partial charge >= 0.3 is 0 Å². The first-order valence-electron chi connectivity index (χ1n) is 24.5. The van der Waals surface area contributed by atoms with Crippen molar-refractivity contribution in [3.63, 3.8) is 0 Å². The van der Waals surface area contributed by atoms with Gasteiger partial charge in [0, 0.05) is 38.4 Å². The Morgan fingerprint density at radius 2 is 1.30 bits per heavy atom. The number of aryl methyl sites for hydroxylation is 3. The van der Waals surface area contributed by atoms with Crippen molar-refractivity contribution in [3.8, 4) is 78.6 Å². The molecule has 9 rings (SSSR count). The number of phenolic OH excluding ortho intramolecular Hbond substituents is 1. The van der Waals surface area contributed by atoms with Crippen molar-refractivity contribution in [2.45, 2.75) is 86.4 Å². The van der Waals surface area contributed by atoms with E-state index in [1.54, 1.807) is 6.07 Å². The first-order valence-corrected chi connectivity index (χ1v) is 22.5. The molecule has 0 radical (unpaired) electrons. The van der Waals surface area contributed by atoms with Gasteiger partial charge in [-0.25, -0.2) is 4.98 Å². The molecule has 2 heterocycles. The number of para-hydroxylation sites is 1. The van der Waals surface area contributed by atoms with Crippen molar-refractivity contribution >= 4 is 11.0 Å². The van der Waals surface area contributed by atoms with Crippen molar-refractivity contribution in [3.05, 3.63) is 191 Å². The molecule has 334 valence electrons.